The van der Waals surface area contributed by atoms with Crippen LogP contribution in [0.4, 0.5) is 0 Å². The van der Waals surface area contributed by atoms with E-state index in [4.69, 9.17) is 4.74 Å². The zero-order valence-electron chi connectivity index (χ0n) is 10.9. The lowest BCUT2D eigenvalue weighted by Crippen LogP contribution is -2.49. The molecular weight excluding hydrogens is 298 g/mol. The highest BCUT2D eigenvalue weighted by molar-refractivity contribution is 9.10. The minimum absolute atomic E-state index is 0.0898. The highest BCUT2D eigenvalue weighted by Crippen LogP contribution is 2.14. The lowest BCUT2D eigenvalue weighted by molar-refractivity contribution is -0.144. The van der Waals surface area contributed by atoms with Crippen molar-refractivity contribution >= 4 is 21.8 Å². The largest absolute Gasteiger partial charge is 0.372 e. The number of aromatic nitrogens is 2. The van der Waals surface area contributed by atoms with Gasteiger partial charge in [0.2, 0.25) is 5.91 Å². The van der Waals surface area contributed by atoms with Crippen molar-refractivity contribution in [3.05, 3.63) is 16.4 Å². The van der Waals surface area contributed by atoms with E-state index < -0.39 is 0 Å². The molecule has 0 bridgehead atoms. The first kappa shape index (κ1) is 13.5. The van der Waals surface area contributed by atoms with Gasteiger partial charge in [0.1, 0.15) is 6.54 Å². The number of halogens is 1. The van der Waals surface area contributed by atoms with E-state index in [2.05, 4.69) is 21.0 Å². The average Bonchev–Trinajstić information content (AvgIpc) is 2.56. The predicted molar refractivity (Wildman–Crippen MR) is 71.3 cm³/mol. The van der Waals surface area contributed by atoms with E-state index in [9.17, 15) is 4.79 Å². The maximum Gasteiger partial charge on any atom is 0.244 e. The molecule has 2 atom stereocenters. The summed E-state index contributed by atoms with van der Waals surface area (Å²) in [7, 11) is 0. The summed E-state index contributed by atoms with van der Waals surface area (Å²) in [4.78, 5) is 14.0. The molecule has 0 N–H and O–H groups in total. The number of amides is 1. The topological polar surface area (TPSA) is 47.4 Å². The molecule has 2 rings (SSSR count). The van der Waals surface area contributed by atoms with E-state index in [1.54, 1.807) is 4.68 Å². The number of nitrogens with zero attached hydrogens (tertiary/aromatic N) is 3. The van der Waals surface area contributed by atoms with Crippen molar-refractivity contribution in [1.82, 2.24) is 14.7 Å². The first-order chi connectivity index (χ1) is 8.45. The van der Waals surface area contributed by atoms with Gasteiger partial charge in [-0.2, -0.15) is 5.10 Å². The van der Waals surface area contributed by atoms with Gasteiger partial charge in [-0.25, -0.2) is 0 Å². The van der Waals surface area contributed by atoms with Crippen LogP contribution in [0.5, 0.6) is 0 Å². The van der Waals surface area contributed by atoms with Crippen molar-refractivity contribution in [3.8, 4) is 0 Å². The van der Waals surface area contributed by atoms with E-state index in [-0.39, 0.29) is 24.7 Å². The summed E-state index contributed by atoms with van der Waals surface area (Å²) >= 11 is 3.39. The van der Waals surface area contributed by atoms with Crippen LogP contribution in [0.3, 0.4) is 0 Å². The highest BCUT2D eigenvalue weighted by atomic mass is 79.9. The van der Waals surface area contributed by atoms with E-state index in [1.807, 2.05) is 31.9 Å². The fourth-order valence-electron chi connectivity index (χ4n) is 2.19. The molecule has 1 aromatic rings. The summed E-state index contributed by atoms with van der Waals surface area (Å²) in [6.07, 6.45) is 2.04. The summed E-state index contributed by atoms with van der Waals surface area (Å²) < 4.78 is 8.22. The van der Waals surface area contributed by atoms with Crippen LogP contribution in [0.2, 0.25) is 0 Å². The van der Waals surface area contributed by atoms with Crippen LogP contribution in [-0.4, -0.2) is 45.9 Å². The zero-order valence-corrected chi connectivity index (χ0v) is 12.5. The van der Waals surface area contributed by atoms with Crippen LogP contribution in [0.1, 0.15) is 19.5 Å². The fraction of sp³-hybridized carbons (Fsp3) is 0.667. The van der Waals surface area contributed by atoms with Crippen molar-refractivity contribution in [2.45, 2.75) is 39.5 Å². The molecule has 1 fully saturated rings. The Balaban J connectivity index is 1.99. The lowest BCUT2D eigenvalue weighted by Gasteiger charge is -2.35. The Labute approximate surface area is 115 Å². The molecule has 0 unspecified atom stereocenters. The van der Waals surface area contributed by atoms with Gasteiger partial charge >= 0.3 is 0 Å². The first-order valence-electron chi connectivity index (χ1n) is 6.08. The van der Waals surface area contributed by atoms with Crippen LogP contribution in [0.25, 0.3) is 0 Å². The maximum atomic E-state index is 12.2. The van der Waals surface area contributed by atoms with Crippen molar-refractivity contribution in [1.29, 1.82) is 0 Å². The molecule has 1 amide bonds. The second kappa shape index (κ2) is 5.40. The van der Waals surface area contributed by atoms with Crippen LogP contribution in [-0.2, 0) is 16.1 Å². The quantitative estimate of drug-likeness (QED) is 0.832. The van der Waals surface area contributed by atoms with Crippen LogP contribution in [0, 0.1) is 6.92 Å². The molecule has 6 heteroatoms. The third-order valence-corrected chi connectivity index (χ3v) is 3.73. The number of hydrogen-bond acceptors (Lipinski definition) is 3. The van der Waals surface area contributed by atoms with Crippen LogP contribution in [0.15, 0.2) is 10.7 Å². The molecule has 1 aromatic heterocycles. The molecule has 0 radical (unpaired) electrons. The normalized spacial score (nSPS) is 24.3. The van der Waals surface area contributed by atoms with E-state index in [0.717, 1.165) is 10.2 Å². The Morgan fingerprint density at radius 1 is 1.50 bits per heavy atom. The number of aryl methyl sites for hydroxylation is 1. The molecule has 0 aliphatic carbocycles. The Kier molecular flexibility index (Phi) is 4.07. The van der Waals surface area contributed by atoms with Crippen LogP contribution < -0.4 is 0 Å². The van der Waals surface area contributed by atoms with Gasteiger partial charge in [0.25, 0.3) is 0 Å². The standard InChI is InChI=1S/C12H18BrN3O2/c1-8-4-15(5-9(2)18-8)12(17)7-16-6-11(13)10(3)14-16/h6,8-9H,4-5,7H2,1-3H3/t8-,9-/m1/s1. The zero-order chi connectivity index (χ0) is 13.3. The predicted octanol–water partition coefficient (Wildman–Crippen LogP) is 1.59. The Hall–Kier alpha value is -0.880. The molecule has 2 heterocycles. The number of carbonyl (C=O) groups is 1. The van der Waals surface area contributed by atoms with E-state index >= 15 is 0 Å². The summed E-state index contributed by atoms with van der Waals surface area (Å²) in [5.74, 6) is 0.0898. The Morgan fingerprint density at radius 2 is 2.11 bits per heavy atom. The molecule has 5 nitrogen and oxygen atoms in total. The summed E-state index contributed by atoms with van der Waals surface area (Å²) in [6.45, 7) is 7.49. The van der Waals surface area contributed by atoms with Gasteiger partial charge in [-0.3, -0.25) is 9.48 Å². The smallest absolute Gasteiger partial charge is 0.244 e. The van der Waals surface area contributed by atoms with Gasteiger partial charge < -0.3 is 9.64 Å². The Bertz CT molecular complexity index is 417. The summed E-state index contributed by atoms with van der Waals surface area (Å²) in [5, 5.41) is 4.27. The van der Waals surface area contributed by atoms with Crippen molar-refractivity contribution in [2.75, 3.05) is 13.1 Å². The second-order valence-corrected chi connectivity index (χ2v) is 5.67. The molecule has 1 aliphatic heterocycles. The number of morpholine rings is 1. The van der Waals surface area contributed by atoms with E-state index in [0.29, 0.717) is 13.1 Å². The van der Waals surface area contributed by atoms with Gasteiger partial charge in [-0.1, -0.05) is 0 Å². The molecule has 100 valence electrons. The van der Waals surface area contributed by atoms with Gasteiger partial charge in [-0.05, 0) is 36.7 Å². The van der Waals surface area contributed by atoms with Crippen molar-refractivity contribution in [2.24, 2.45) is 0 Å². The molecule has 1 saturated heterocycles. The minimum atomic E-state index is 0.0898. The maximum absolute atomic E-state index is 12.2. The van der Waals surface area contributed by atoms with Crippen molar-refractivity contribution < 1.29 is 9.53 Å². The molecular formula is C12H18BrN3O2. The first-order valence-corrected chi connectivity index (χ1v) is 6.88. The number of rotatable bonds is 2. The third kappa shape index (κ3) is 3.11. The van der Waals surface area contributed by atoms with Crippen LogP contribution >= 0.6 is 15.9 Å². The summed E-state index contributed by atoms with van der Waals surface area (Å²) in [6, 6.07) is 0. The van der Waals surface area contributed by atoms with Gasteiger partial charge in [0, 0.05) is 19.3 Å². The number of hydrogen-bond donors (Lipinski definition) is 0. The van der Waals surface area contributed by atoms with Crippen molar-refractivity contribution in [3.63, 3.8) is 0 Å². The summed E-state index contributed by atoms with van der Waals surface area (Å²) in [5.41, 5.74) is 0.895. The molecule has 18 heavy (non-hydrogen) atoms. The monoisotopic (exact) mass is 315 g/mol. The fourth-order valence-corrected chi connectivity index (χ4v) is 2.51. The highest BCUT2D eigenvalue weighted by Gasteiger charge is 2.26. The molecule has 0 saturated carbocycles. The minimum Gasteiger partial charge on any atom is -0.372 e. The third-order valence-electron chi connectivity index (χ3n) is 2.96. The number of ether oxygens (including phenoxy) is 1. The SMILES string of the molecule is Cc1nn(CC(=O)N2C[C@@H](C)O[C@H](C)C2)cc1Br. The Morgan fingerprint density at radius 3 is 2.61 bits per heavy atom. The van der Waals surface area contributed by atoms with Gasteiger partial charge in [-0.15, -0.1) is 0 Å². The molecule has 1 aliphatic rings. The molecule has 0 spiro atoms. The van der Waals surface area contributed by atoms with E-state index in [1.165, 1.54) is 0 Å². The lowest BCUT2D eigenvalue weighted by atomic mass is 10.2. The van der Waals surface area contributed by atoms with Gasteiger partial charge in [0.15, 0.2) is 0 Å². The average molecular weight is 316 g/mol. The molecule has 0 aromatic carbocycles. The van der Waals surface area contributed by atoms with Gasteiger partial charge in [0.05, 0.1) is 22.4 Å². The number of carbonyl (C=O) groups excluding carboxylic acids is 1. The second-order valence-electron chi connectivity index (χ2n) is 4.82.